The smallest absolute Gasteiger partial charge is 0.288 e. The number of rotatable bonds is 7. The molecule has 0 unspecified atom stereocenters. The standard InChI is InChI=1S/C26H35N5O2/c27-8-4-3-6-21(28)24(32)30-31-25(33)23-12-20(19-5-1-2-7-22(19)29-23)26-13-16-9-17(14-26)11-18(10-16)15-26/h1-2,5,7,12,16-18,21H,3-4,6,8-11,13-15,27-28H2,(H,30,32)(H,31,33)/t16?,17?,18?,21-,26?/m0/s1. The Morgan fingerprint density at radius 2 is 1.70 bits per heavy atom. The first-order valence-corrected chi connectivity index (χ1v) is 12.4. The molecule has 6 rings (SSSR count). The van der Waals surface area contributed by atoms with Gasteiger partial charge in [0.1, 0.15) is 5.69 Å². The highest BCUT2D eigenvalue weighted by Gasteiger charge is 2.52. The quantitative estimate of drug-likeness (QED) is 0.382. The van der Waals surface area contributed by atoms with Crippen molar-refractivity contribution in [3.8, 4) is 0 Å². The van der Waals surface area contributed by atoms with Gasteiger partial charge in [0.25, 0.3) is 11.8 Å². The van der Waals surface area contributed by atoms with Crippen molar-refractivity contribution in [3.05, 3.63) is 41.6 Å². The summed E-state index contributed by atoms with van der Waals surface area (Å²) in [4.78, 5) is 29.9. The Labute approximate surface area is 195 Å². The fraction of sp³-hybridized carbons (Fsp3) is 0.577. The zero-order valence-corrected chi connectivity index (χ0v) is 19.2. The minimum atomic E-state index is -0.677. The van der Waals surface area contributed by atoms with Crippen molar-refractivity contribution in [2.24, 2.45) is 29.2 Å². The SMILES string of the molecule is NCCCC[C@H](N)C(=O)NNC(=O)c1cc(C23CC4CC(CC(C4)C2)C3)c2ccccc2n1. The molecule has 0 aliphatic heterocycles. The molecular formula is C26H35N5O2. The number of aromatic nitrogens is 1. The number of carbonyl (C=O) groups excluding carboxylic acids is 2. The number of pyridine rings is 1. The first kappa shape index (κ1) is 22.3. The Hall–Kier alpha value is -2.51. The summed E-state index contributed by atoms with van der Waals surface area (Å²) in [6, 6.07) is 9.44. The van der Waals surface area contributed by atoms with E-state index in [0.717, 1.165) is 41.5 Å². The second kappa shape index (κ2) is 9.03. The molecule has 33 heavy (non-hydrogen) atoms. The van der Waals surface area contributed by atoms with Gasteiger partial charge in [-0.1, -0.05) is 24.6 Å². The van der Waals surface area contributed by atoms with Gasteiger partial charge in [-0.15, -0.1) is 0 Å². The maximum absolute atomic E-state index is 13.0. The van der Waals surface area contributed by atoms with Crippen molar-refractivity contribution in [2.45, 2.75) is 69.2 Å². The molecule has 4 aliphatic rings. The maximum atomic E-state index is 13.0. The molecule has 4 aliphatic carbocycles. The molecule has 6 N–H and O–H groups in total. The third kappa shape index (κ3) is 4.36. The lowest BCUT2D eigenvalue weighted by atomic mass is 9.48. The van der Waals surface area contributed by atoms with Crippen LogP contribution < -0.4 is 22.3 Å². The van der Waals surface area contributed by atoms with Crippen LogP contribution in [0.25, 0.3) is 10.9 Å². The van der Waals surface area contributed by atoms with Crippen molar-refractivity contribution >= 4 is 22.7 Å². The van der Waals surface area contributed by atoms with E-state index in [9.17, 15) is 9.59 Å². The lowest BCUT2D eigenvalue weighted by molar-refractivity contribution is -0.123. The van der Waals surface area contributed by atoms with Gasteiger partial charge in [-0.25, -0.2) is 4.98 Å². The number of fused-ring (bicyclic) bond motifs is 1. The van der Waals surface area contributed by atoms with Crippen LogP contribution in [0.2, 0.25) is 0 Å². The van der Waals surface area contributed by atoms with Gasteiger partial charge in [-0.05, 0) is 98.8 Å². The molecule has 4 bridgehead atoms. The van der Waals surface area contributed by atoms with E-state index in [-0.39, 0.29) is 5.41 Å². The Balaban J connectivity index is 1.38. The van der Waals surface area contributed by atoms with Gasteiger partial charge in [-0.3, -0.25) is 20.4 Å². The minimum absolute atomic E-state index is 0.140. The molecule has 7 heteroatoms. The van der Waals surface area contributed by atoms with Crippen LogP contribution in [0, 0.1) is 17.8 Å². The molecule has 1 aromatic carbocycles. The van der Waals surface area contributed by atoms with Crippen molar-refractivity contribution in [3.63, 3.8) is 0 Å². The zero-order valence-electron chi connectivity index (χ0n) is 19.2. The van der Waals surface area contributed by atoms with Crippen LogP contribution in [0.1, 0.15) is 73.8 Å². The molecule has 2 amide bonds. The normalized spacial score (nSPS) is 28.6. The van der Waals surface area contributed by atoms with Crippen molar-refractivity contribution < 1.29 is 9.59 Å². The van der Waals surface area contributed by atoms with Crippen LogP contribution in [-0.4, -0.2) is 29.4 Å². The van der Waals surface area contributed by atoms with E-state index in [2.05, 4.69) is 28.0 Å². The largest absolute Gasteiger partial charge is 0.330 e. The number of para-hydroxylation sites is 1. The Kier molecular flexibility index (Phi) is 6.10. The monoisotopic (exact) mass is 449 g/mol. The number of hydrogen-bond acceptors (Lipinski definition) is 5. The molecule has 2 aromatic rings. The van der Waals surface area contributed by atoms with Gasteiger partial charge < -0.3 is 11.5 Å². The number of benzene rings is 1. The van der Waals surface area contributed by atoms with Gasteiger partial charge in [0, 0.05) is 5.39 Å². The summed E-state index contributed by atoms with van der Waals surface area (Å²) in [5.74, 6) is 1.61. The van der Waals surface area contributed by atoms with E-state index in [1.54, 1.807) is 0 Å². The first-order chi connectivity index (χ1) is 16.0. The summed E-state index contributed by atoms with van der Waals surface area (Å²) < 4.78 is 0. The lowest BCUT2D eigenvalue weighted by Crippen LogP contribution is -2.50. The number of nitrogens with two attached hydrogens (primary N) is 2. The summed E-state index contributed by atoms with van der Waals surface area (Å²) in [7, 11) is 0. The number of hydrazine groups is 1. The van der Waals surface area contributed by atoms with Crippen LogP contribution in [0.3, 0.4) is 0 Å². The van der Waals surface area contributed by atoms with Crippen LogP contribution >= 0.6 is 0 Å². The molecule has 7 nitrogen and oxygen atoms in total. The summed E-state index contributed by atoms with van der Waals surface area (Å²) in [6.45, 7) is 0.574. The third-order valence-electron chi connectivity index (χ3n) is 8.16. The lowest BCUT2D eigenvalue weighted by Gasteiger charge is -2.57. The van der Waals surface area contributed by atoms with E-state index >= 15 is 0 Å². The van der Waals surface area contributed by atoms with Gasteiger partial charge in [-0.2, -0.15) is 0 Å². The van der Waals surface area contributed by atoms with Crippen molar-refractivity contribution in [1.29, 1.82) is 0 Å². The van der Waals surface area contributed by atoms with Crippen LogP contribution in [0.4, 0.5) is 0 Å². The summed E-state index contributed by atoms with van der Waals surface area (Å²) >= 11 is 0. The van der Waals surface area contributed by atoms with Crippen LogP contribution in [0.15, 0.2) is 30.3 Å². The van der Waals surface area contributed by atoms with Crippen molar-refractivity contribution in [1.82, 2.24) is 15.8 Å². The van der Waals surface area contributed by atoms with E-state index in [1.165, 1.54) is 44.1 Å². The number of hydrogen-bond donors (Lipinski definition) is 4. The molecule has 0 radical (unpaired) electrons. The van der Waals surface area contributed by atoms with Crippen LogP contribution in [-0.2, 0) is 10.2 Å². The summed E-state index contributed by atoms with van der Waals surface area (Å²) in [5.41, 5.74) is 19.0. The van der Waals surface area contributed by atoms with E-state index < -0.39 is 17.9 Å². The molecule has 1 aromatic heterocycles. The van der Waals surface area contributed by atoms with Gasteiger partial charge >= 0.3 is 0 Å². The summed E-state index contributed by atoms with van der Waals surface area (Å²) in [5, 5.41) is 1.15. The van der Waals surface area contributed by atoms with Gasteiger partial charge in [0.15, 0.2) is 0 Å². The average Bonchev–Trinajstić information content (AvgIpc) is 2.80. The first-order valence-electron chi connectivity index (χ1n) is 12.4. The second-order valence-corrected chi connectivity index (χ2v) is 10.6. The predicted octanol–water partition coefficient (Wildman–Crippen LogP) is 2.92. The molecule has 1 heterocycles. The highest BCUT2D eigenvalue weighted by atomic mass is 16.2. The number of nitrogens with one attached hydrogen (secondary N) is 2. The Bertz CT molecular complexity index is 1020. The molecule has 1 atom stereocenters. The fourth-order valence-corrected chi connectivity index (χ4v) is 7.09. The highest BCUT2D eigenvalue weighted by molar-refractivity contribution is 5.97. The van der Waals surface area contributed by atoms with E-state index in [0.29, 0.717) is 18.7 Å². The van der Waals surface area contributed by atoms with Crippen molar-refractivity contribution in [2.75, 3.05) is 6.54 Å². The Morgan fingerprint density at radius 1 is 1.03 bits per heavy atom. The molecule has 0 saturated heterocycles. The van der Waals surface area contributed by atoms with Gasteiger partial charge in [0.2, 0.25) is 0 Å². The minimum Gasteiger partial charge on any atom is -0.330 e. The Morgan fingerprint density at radius 3 is 2.36 bits per heavy atom. The van der Waals surface area contributed by atoms with Crippen LogP contribution in [0.5, 0.6) is 0 Å². The predicted molar refractivity (Wildman–Crippen MR) is 128 cm³/mol. The second-order valence-electron chi connectivity index (χ2n) is 10.6. The number of nitrogens with zero attached hydrogens (tertiary/aromatic N) is 1. The molecule has 4 fully saturated rings. The zero-order chi connectivity index (χ0) is 23.0. The third-order valence-corrected chi connectivity index (χ3v) is 8.16. The average molecular weight is 450 g/mol. The topological polar surface area (TPSA) is 123 Å². The number of carbonyl (C=O) groups is 2. The highest BCUT2D eigenvalue weighted by Crippen LogP contribution is 2.61. The van der Waals surface area contributed by atoms with E-state index in [1.807, 2.05) is 18.2 Å². The summed E-state index contributed by atoms with van der Waals surface area (Å²) in [6.07, 6.45) is 9.87. The molecule has 4 saturated carbocycles. The van der Waals surface area contributed by atoms with Gasteiger partial charge in [0.05, 0.1) is 11.6 Å². The number of amides is 2. The van der Waals surface area contributed by atoms with E-state index in [4.69, 9.17) is 11.5 Å². The maximum Gasteiger partial charge on any atom is 0.288 e. The fourth-order valence-electron chi connectivity index (χ4n) is 7.09. The molecule has 0 spiro atoms. The molecule has 176 valence electrons. The molecular weight excluding hydrogens is 414 g/mol. The number of unbranched alkanes of at least 4 members (excludes halogenated alkanes) is 1.